The van der Waals surface area contributed by atoms with E-state index in [2.05, 4.69) is 17.9 Å². The van der Waals surface area contributed by atoms with Gasteiger partial charge in [-0.3, -0.25) is 0 Å². The molecule has 0 unspecified atom stereocenters. The van der Waals surface area contributed by atoms with E-state index in [9.17, 15) is 4.39 Å². The molecule has 0 spiro atoms. The molecular weight excluding hydrogens is 125 g/mol. The highest BCUT2D eigenvalue weighted by molar-refractivity contribution is 7.81. The predicted molar refractivity (Wildman–Crippen MR) is 35.2 cm³/mol. The van der Waals surface area contributed by atoms with Gasteiger partial charge in [-0.2, -0.15) is 12.6 Å². The largest absolute Gasteiger partial charge is 0.314 e. The average Bonchev–Trinajstić information content (AvgIpc) is 1.77. The lowest BCUT2D eigenvalue weighted by Crippen LogP contribution is -2.38. The molecule has 0 aliphatic carbocycles. The zero-order valence-corrected chi connectivity index (χ0v) is 5.50. The van der Waals surface area contributed by atoms with E-state index in [1.165, 1.54) is 0 Å². The lowest BCUT2D eigenvalue weighted by molar-refractivity contribution is 0.276. The van der Waals surface area contributed by atoms with E-state index in [0.29, 0.717) is 6.54 Å². The second kappa shape index (κ2) is 2.69. The molecule has 48 valence electrons. The Morgan fingerprint density at radius 2 is 2.38 bits per heavy atom. The van der Waals surface area contributed by atoms with Crippen molar-refractivity contribution in [2.75, 3.05) is 13.1 Å². The maximum absolute atomic E-state index is 12.4. The molecule has 1 N–H and O–H groups in total. The second-order valence-electron chi connectivity index (χ2n) is 2.08. The fraction of sp³-hybridized carbons (Fsp3) is 1.00. The summed E-state index contributed by atoms with van der Waals surface area (Å²) < 4.78 is 12.4. The molecule has 0 radical (unpaired) electrons. The van der Waals surface area contributed by atoms with Crippen LogP contribution in [0.25, 0.3) is 0 Å². The summed E-state index contributed by atoms with van der Waals surface area (Å²) in [5, 5.41) is 2.91. The van der Waals surface area contributed by atoms with Crippen LogP contribution in [0.1, 0.15) is 6.42 Å². The Balaban J connectivity index is 2.28. The Labute approximate surface area is 54.1 Å². The highest BCUT2D eigenvalue weighted by Crippen LogP contribution is 2.12. The summed E-state index contributed by atoms with van der Waals surface area (Å²) in [7, 11) is 0. The number of alkyl halides is 1. The van der Waals surface area contributed by atoms with Gasteiger partial charge < -0.3 is 5.32 Å². The number of thiol groups is 1. The van der Waals surface area contributed by atoms with E-state index in [1.54, 1.807) is 0 Å². The Kier molecular flexibility index (Phi) is 2.14. The number of hydrogen-bond donors (Lipinski definition) is 2. The van der Waals surface area contributed by atoms with Gasteiger partial charge in [-0.05, 0) is 13.0 Å². The van der Waals surface area contributed by atoms with E-state index < -0.39 is 6.17 Å². The summed E-state index contributed by atoms with van der Waals surface area (Å²) in [6, 6.07) is 0. The zero-order valence-electron chi connectivity index (χ0n) is 4.60. The number of piperidine rings is 1. The molecule has 0 saturated carbocycles. The van der Waals surface area contributed by atoms with E-state index in [4.69, 9.17) is 0 Å². The van der Waals surface area contributed by atoms with Crippen molar-refractivity contribution in [2.45, 2.75) is 17.8 Å². The van der Waals surface area contributed by atoms with Gasteiger partial charge in [0, 0.05) is 11.8 Å². The minimum absolute atomic E-state index is 0.0313. The Bertz CT molecular complexity index is 68.8. The maximum atomic E-state index is 12.4. The van der Waals surface area contributed by atoms with Crippen molar-refractivity contribution in [1.29, 1.82) is 0 Å². The highest BCUT2D eigenvalue weighted by atomic mass is 32.1. The van der Waals surface area contributed by atoms with Crippen LogP contribution < -0.4 is 5.32 Å². The fourth-order valence-electron chi connectivity index (χ4n) is 0.807. The van der Waals surface area contributed by atoms with Crippen LogP contribution in [-0.4, -0.2) is 24.5 Å². The van der Waals surface area contributed by atoms with Crippen LogP contribution in [-0.2, 0) is 0 Å². The first-order chi connectivity index (χ1) is 3.80. The SMILES string of the molecule is F[C@@H]1CNCC[C@@H]1S. The minimum Gasteiger partial charge on any atom is -0.314 e. The van der Waals surface area contributed by atoms with E-state index in [-0.39, 0.29) is 5.25 Å². The van der Waals surface area contributed by atoms with E-state index in [0.717, 1.165) is 13.0 Å². The Morgan fingerprint density at radius 3 is 2.75 bits per heavy atom. The molecule has 1 aliphatic heterocycles. The molecule has 1 saturated heterocycles. The van der Waals surface area contributed by atoms with Crippen molar-refractivity contribution in [3.8, 4) is 0 Å². The first-order valence-corrected chi connectivity index (χ1v) is 3.35. The highest BCUT2D eigenvalue weighted by Gasteiger charge is 2.19. The zero-order chi connectivity index (χ0) is 5.98. The normalized spacial score (nSPS) is 39.8. The first kappa shape index (κ1) is 6.36. The minimum atomic E-state index is -0.743. The van der Waals surface area contributed by atoms with Gasteiger partial charge in [0.05, 0.1) is 0 Å². The van der Waals surface area contributed by atoms with Gasteiger partial charge in [-0.15, -0.1) is 0 Å². The molecule has 1 rings (SSSR count). The van der Waals surface area contributed by atoms with E-state index >= 15 is 0 Å². The van der Waals surface area contributed by atoms with Crippen LogP contribution >= 0.6 is 12.6 Å². The Morgan fingerprint density at radius 1 is 1.62 bits per heavy atom. The summed E-state index contributed by atoms with van der Waals surface area (Å²) >= 11 is 4.04. The van der Waals surface area contributed by atoms with Crippen LogP contribution in [0.4, 0.5) is 4.39 Å². The number of hydrogen-bond acceptors (Lipinski definition) is 2. The molecule has 0 aromatic heterocycles. The molecule has 0 bridgehead atoms. The third-order valence-electron chi connectivity index (χ3n) is 1.37. The van der Waals surface area contributed by atoms with Gasteiger partial charge in [0.1, 0.15) is 6.17 Å². The third kappa shape index (κ3) is 1.36. The van der Waals surface area contributed by atoms with Crippen molar-refractivity contribution in [3.63, 3.8) is 0 Å². The van der Waals surface area contributed by atoms with Crippen LogP contribution in [0.5, 0.6) is 0 Å². The quantitative estimate of drug-likeness (QED) is 0.464. The molecule has 1 nitrogen and oxygen atoms in total. The predicted octanol–water partition coefficient (Wildman–Crippen LogP) is 0.616. The smallest absolute Gasteiger partial charge is 0.124 e. The third-order valence-corrected chi connectivity index (χ3v) is 1.96. The molecule has 3 heteroatoms. The fourth-order valence-corrected chi connectivity index (χ4v) is 1.04. The van der Waals surface area contributed by atoms with Crippen molar-refractivity contribution in [1.82, 2.24) is 5.32 Å². The first-order valence-electron chi connectivity index (χ1n) is 2.83. The monoisotopic (exact) mass is 135 g/mol. The van der Waals surface area contributed by atoms with Gasteiger partial charge in [-0.25, -0.2) is 4.39 Å². The second-order valence-corrected chi connectivity index (χ2v) is 2.74. The van der Waals surface area contributed by atoms with Crippen LogP contribution in [0.2, 0.25) is 0 Å². The molecular formula is C5H10FNS. The molecule has 2 atom stereocenters. The summed E-state index contributed by atoms with van der Waals surface area (Å²) in [6.45, 7) is 1.39. The van der Waals surface area contributed by atoms with Crippen LogP contribution in [0.15, 0.2) is 0 Å². The topological polar surface area (TPSA) is 12.0 Å². The summed E-state index contributed by atoms with van der Waals surface area (Å²) in [5.74, 6) is 0. The average molecular weight is 135 g/mol. The molecule has 0 amide bonds. The standard InChI is InChI=1S/C5H10FNS/c6-4-3-7-2-1-5(4)8/h4-5,7-8H,1-3H2/t4-,5+/m1/s1. The number of rotatable bonds is 0. The lowest BCUT2D eigenvalue weighted by atomic mass is 10.1. The number of halogens is 1. The molecule has 1 aliphatic rings. The lowest BCUT2D eigenvalue weighted by Gasteiger charge is -2.21. The van der Waals surface area contributed by atoms with Crippen LogP contribution in [0.3, 0.4) is 0 Å². The van der Waals surface area contributed by atoms with Crippen molar-refractivity contribution < 1.29 is 4.39 Å². The summed E-state index contributed by atoms with van der Waals surface area (Å²) in [4.78, 5) is 0. The van der Waals surface area contributed by atoms with E-state index in [1.807, 2.05) is 0 Å². The van der Waals surface area contributed by atoms with Gasteiger partial charge in [0.25, 0.3) is 0 Å². The van der Waals surface area contributed by atoms with Crippen molar-refractivity contribution >= 4 is 12.6 Å². The maximum Gasteiger partial charge on any atom is 0.124 e. The van der Waals surface area contributed by atoms with Gasteiger partial charge in [0.15, 0.2) is 0 Å². The van der Waals surface area contributed by atoms with Crippen molar-refractivity contribution in [2.24, 2.45) is 0 Å². The molecule has 0 aromatic carbocycles. The van der Waals surface area contributed by atoms with Gasteiger partial charge in [0.2, 0.25) is 0 Å². The summed E-state index contributed by atoms with van der Waals surface area (Å²) in [6.07, 6.45) is 0.108. The summed E-state index contributed by atoms with van der Waals surface area (Å²) in [5.41, 5.74) is 0. The molecule has 1 heterocycles. The van der Waals surface area contributed by atoms with Gasteiger partial charge in [-0.1, -0.05) is 0 Å². The van der Waals surface area contributed by atoms with Gasteiger partial charge >= 0.3 is 0 Å². The van der Waals surface area contributed by atoms with Crippen molar-refractivity contribution in [3.05, 3.63) is 0 Å². The molecule has 0 aromatic rings. The molecule has 1 fully saturated rings. The number of nitrogens with one attached hydrogen (secondary N) is 1. The molecule has 8 heavy (non-hydrogen) atoms. The Hall–Kier alpha value is 0.240. The van der Waals surface area contributed by atoms with Crippen LogP contribution in [0, 0.1) is 0 Å².